The summed E-state index contributed by atoms with van der Waals surface area (Å²) in [4.78, 5) is 0. The smallest absolute Gasteiger partial charge is 0.0626 e. The second-order valence-electron chi connectivity index (χ2n) is 3.61. The predicted molar refractivity (Wildman–Crippen MR) is 70.4 cm³/mol. The molecule has 2 aromatic rings. The second-order valence-corrected chi connectivity index (χ2v) is 3.61. The van der Waals surface area contributed by atoms with Crippen molar-refractivity contribution in [2.45, 2.75) is 13.3 Å². The maximum Gasteiger partial charge on any atom is 0.0626 e. The van der Waals surface area contributed by atoms with Gasteiger partial charge in [-0.15, -0.1) is 0 Å². The summed E-state index contributed by atoms with van der Waals surface area (Å²) < 4.78 is 32.3. The molecule has 2 aromatic carbocycles. The van der Waals surface area contributed by atoms with E-state index in [1.807, 2.05) is 19.1 Å². The zero-order valence-electron chi connectivity index (χ0n) is 13.2. The van der Waals surface area contributed by atoms with Crippen molar-refractivity contribution in [3.8, 4) is 0 Å². The van der Waals surface area contributed by atoms with Gasteiger partial charge in [0, 0.05) is 2.74 Å². The van der Waals surface area contributed by atoms with Crippen LogP contribution in [0.15, 0.2) is 60.6 Å². The van der Waals surface area contributed by atoms with E-state index in [1.165, 1.54) is 0 Å². The highest BCUT2D eigenvalue weighted by atomic mass is 13.9. The van der Waals surface area contributed by atoms with Crippen molar-refractivity contribution in [3.63, 3.8) is 0 Å². The molecule has 0 atom stereocenters. The maximum absolute atomic E-state index is 8.10. The van der Waals surface area contributed by atoms with Crippen molar-refractivity contribution in [1.29, 1.82) is 0 Å². The average molecular weight is 212 g/mol. The molecule has 0 heterocycles. The third-order valence-electron chi connectivity index (χ3n) is 2.24. The molecule has 16 heavy (non-hydrogen) atoms. The van der Waals surface area contributed by atoms with E-state index in [1.54, 1.807) is 42.5 Å². The van der Waals surface area contributed by atoms with Crippen LogP contribution in [0.3, 0.4) is 0 Å². The van der Waals surface area contributed by atoms with E-state index in [0.717, 1.165) is 5.56 Å². The number of hydrogen-bond acceptors (Lipinski definition) is 0. The molecular weight excluding hydrogens is 192 g/mol. The lowest BCUT2D eigenvalue weighted by molar-refractivity contribution is 1.28. The highest BCUT2D eigenvalue weighted by Crippen LogP contribution is 2.07. The molecule has 2 rings (SSSR count). The SMILES string of the molecule is [2H]/C(=C(\[2H])C([2H])([2H])c1ccccc1)c1ccc(C)cc1. The van der Waals surface area contributed by atoms with Gasteiger partial charge in [0.25, 0.3) is 0 Å². The van der Waals surface area contributed by atoms with E-state index in [-0.39, 0.29) is 12.1 Å². The van der Waals surface area contributed by atoms with Crippen molar-refractivity contribution in [3.05, 3.63) is 77.3 Å². The normalized spacial score (nSPS) is 16.6. The van der Waals surface area contributed by atoms with E-state index in [9.17, 15) is 0 Å². The molecule has 0 aliphatic heterocycles. The number of allylic oxidation sites excluding steroid dienone is 1. The Balaban J connectivity index is 2.44. The Morgan fingerprint density at radius 1 is 1.06 bits per heavy atom. The lowest BCUT2D eigenvalue weighted by atomic mass is 10.1. The minimum Gasteiger partial charge on any atom is -0.0795 e. The molecule has 0 bridgehead atoms. The van der Waals surface area contributed by atoms with Crippen LogP contribution in [0.5, 0.6) is 0 Å². The largest absolute Gasteiger partial charge is 0.0795 e. The van der Waals surface area contributed by atoms with Crippen LogP contribution in [-0.2, 0) is 6.37 Å². The molecule has 80 valence electrons. The van der Waals surface area contributed by atoms with E-state index >= 15 is 0 Å². The number of hydrogen-bond donors (Lipinski definition) is 0. The molecule has 0 unspecified atom stereocenters. The molecule has 0 aliphatic carbocycles. The monoisotopic (exact) mass is 212 g/mol. The summed E-state index contributed by atoms with van der Waals surface area (Å²) in [7, 11) is 0. The molecule has 0 fully saturated rings. The van der Waals surface area contributed by atoms with Gasteiger partial charge in [0.05, 0.1) is 2.74 Å². The Kier molecular flexibility index (Phi) is 2.22. The molecule has 0 nitrogen and oxygen atoms in total. The van der Waals surface area contributed by atoms with Crippen LogP contribution in [0.2, 0.25) is 0 Å². The molecule has 0 heteroatoms. The molecule has 0 amide bonds. The van der Waals surface area contributed by atoms with Crippen LogP contribution in [0.25, 0.3) is 6.05 Å². The van der Waals surface area contributed by atoms with E-state index < -0.39 is 6.37 Å². The molecule has 0 N–H and O–H groups in total. The quantitative estimate of drug-likeness (QED) is 0.713. The Morgan fingerprint density at radius 3 is 2.44 bits per heavy atom. The van der Waals surface area contributed by atoms with Crippen molar-refractivity contribution in [1.82, 2.24) is 0 Å². The first-order valence-electron chi connectivity index (χ1n) is 7.23. The second kappa shape index (κ2) is 5.32. The molecule has 0 saturated heterocycles. The Morgan fingerprint density at radius 2 is 1.75 bits per heavy atom. The maximum atomic E-state index is 8.10. The van der Waals surface area contributed by atoms with Gasteiger partial charge < -0.3 is 0 Å². The van der Waals surface area contributed by atoms with Gasteiger partial charge in [-0.1, -0.05) is 72.3 Å². The van der Waals surface area contributed by atoms with Gasteiger partial charge in [-0.25, -0.2) is 0 Å². The molecular formula is C16H16. The van der Waals surface area contributed by atoms with Crippen LogP contribution >= 0.6 is 0 Å². The lowest BCUT2D eigenvalue weighted by Crippen LogP contribution is -1.79. The summed E-state index contributed by atoms with van der Waals surface area (Å²) in [5, 5.41) is 0. The summed E-state index contributed by atoms with van der Waals surface area (Å²) in [6.07, 6.45) is -1.97. The van der Waals surface area contributed by atoms with Gasteiger partial charge in [-0.3, -0.25) is 0 Å². The van der Waals surface area contributed by atoms with E-state index in [0.29, 0.717) is 11.1 Å². The summed E-state index contributed by atoms with van der Waals surface area (Å²) in [6.45, 7) is 1.95. The Hall–Kier alpha value is -1.82. The van der Waals surface area contributed by atoms with Gasteiger partial charge in [-0.2, -0.15) is 0 Å². The van der Waals surface area contributed by atoms with Crippen molar-refractivity contribution in [2.75, 3.05) is 0 Å². The highest BCUT2D eigenvalue weighted by molar-refractivity contribution is 5.50. The number of benzene rings is 2. The highest BCUT2D eigenvalue weighted by Gasteiger charge is 1.88. The van der Waals surface area contributed by atoms with Gasteiger partial charge in [0.15, 0.2) is 0 Å². The third kappa shape index (κ3) is 3.09. The zero-order chi connectivity index (χ0) is 14.8. The summed E-state index contributed by atoms with van der Waals surface area (Å²) in [6, 6.07) is 15.3. The predicted octanol–water partition coefficient (Wildman–Crippen LogP) is 4.25. The van der Waals surface area contributed by atoms with Crippen LogP contribution in [0.4, 0.5) is 0 Å². The molecule has 0 aromatic heterocycles. The topological polar surface area (TPSA) is 0 Å². The van der Waals surface area contributed by atoms with Crippen LogP contribution in [-0.4, -0.2) is 0 Å². The van der Waals surface area contributed by atoms with Crippen molar-refractivity contribution < 1.29 is 5.48 Å². The molecule has 0 radical (unpaired) electrons. The fraction of sp³-hybridized carbons (Fsp3) is 0.125. The fourth-order valence-corrected chi connectivity index (χ4v) is 1.33. The summed E-state index contributed by atoms with van der Waals surface area (Å²) in [5.74, 6) is 0. The molecule has 0 saturated carbocycles. The van der Waals surface area contributed by atoms with Crippen molar-refractivity contribution >= 4 is 6.05 Å². The number of rotatable bonds is 3. The van der Waals surface area contributed by atoms with Crippen LogP contribution < -0.4 is 0 Å². The van der Waals surface area contributed by atoms with Crippen LogP contribution in [0.1, 0.15) is 22.2 Å². The summed E-state index contributed by atoms with van der Waals surface area (Å²) >= 11 is 0. The van der Waals surface area contributed by atoms with E-state index in [4.69, 9.17) is 5.48 Å². The van der Waals surface area contributed by atoms with Gasteiger partial charge in [-0.05, 0) is 24.4 Å². The standard InChI is InChI=1S/C16H16/c1-14-10-12-16(13-11-14)9-5-8-15-6-3-2-4-7-15/h2-7,9-13H,8H2,1H3/b9-5-/i5D,8D2,9D. The molecule has 0 spiro atoms. The average Bonchev–Trinajstić information content (AvgIpc) is 2.47. The first-order valence-corrected chi connectivity index (χ1v) is 5.23. The van der Waals surface area contributed by atoms with Gasteiger partial charge >= 0.3 is 0 Å². The first-order chi connectivity index (χ1) is 9.43. The minimum atomic E-state index is -1.97. The Bertz CT molecular complexity index is 613. The van der Waals surface area contributed by atoms with Gasteiger partial charge in [0.1, 0.15) is 0 Å². The lowest BCUT2D eigenvalue weighted by Gasteiger charge is -1.96. The van der Waals surface area contributed by atoms with Gasteiger partial charge in [0.2, 0.25) is 0 Å². The van der Waals surface area contributed by atoms with E-state index in [2.05, 4.69) is 0 Å². The van der Waals surface area contributed by atoms with Crippen LogP contribution in [0, 0.1) is 6.92 Å². The fourth-order valence-electron chi connectivity index (χ4n) is 1.33. The van der Waals surface area contributed by atoms with Crippen molar-refractivity contribution in [2.24, 2.45) is 0 Å². The summed E-state index contributed by atoms with van der Waals surface area (Å²) in [5.41, 5.74) is 2.02. The molecule has 0 aliphatic rings. The number of aryl methyl sites for hydroxylation is 1. The third-order valence-corrected chi connectivity index (χ3v) is 2.24. The first kappa shape index (κ1) is 6.70. The Labute approximate surface area is 103 Å². The zero-order valence-corrected chi connectivity index (χ0v) is 9.20. The minimum absolute atomic E-state index is 0.0844.